The van der Waals surface area contributed by atoms with Crippen LogP contribution in [0.5, 0.6) is 11.5 Å². The highest BCUT2D eigenvalue weighted by Crippen LogP contribution is 2.69. The minimum Gasteiger partial charge on any atom is -0.495 e. The molecule has 3 aromatic rings. The molecule has 0 unspecified atom stereocenters. The summed E-state index contributed by atoms with van der Waals surface area (Å²) in [6.07, 6.45) is 3.34. The first-order valence-electron chi connectivity index (χ1n) is 11.6. The molecule has 0 saturated heterocycles. The first kappa shape index (κ1) is 22.5. The Hall–Kier alpha value is -2.94. The Balaban J connectivity index is 1.66. The van der Waals surface area contributed by atoms with Gasteiger partial charge in [0, 0.05) is 16.4 Å². The second-order valence-corrected chi connectivity index (χ2v) is 10.4. The van der Waals surface area contributed by atoms with Crippen LogP contribution in [0, 0.1) is 5.92 Å². The average Bonchev–Trinajstić information content (AvgIpc) is 3.61. The molecular formula is C27H25BrN2O5. The lowest BCUT2D eigenvalue weighted by molar-refractivity contribution is -0.154. The first-order chi connectivity index (χ1) is 16.9. The van der Waals surface area contributed by atoms with Crippen molar-refractivity contribution in [1.29, 1.82) is 0 Å². The summed E-state index contributed by atoms with van der Waals surface area (Å²) in [6, 6.07) is 17.0. The van der Waals surface area contributed by atoms with E-state index in [1.807, 2.05) is 54.6 Å². The average molecular weight is 537 g/mol. The van der Waals surface area contributed by atoms with Crippen molar-refractivity contribution in [3.8, 4) is 11.5 Å². The molecule has 5 atom stereocenters. The Kier molecular flexibility index (Phi) is 5.18. The molecular weight excluding hydrogens is 512 g/mol. The van der Waals surface area contributed by atoms with Crippen molar-refractivity contribution in [3.05, 3.63) is 88.2 Å². The summed E-state index contributed by atoms with van der Waals surface area (Å²) in [7, 11) is 1.48. The minimum atomic E-state index is -1.99. The number of hydrogen-bond acceptors (Lipinski definition) is 6. The number of aliphatic hydroxyl groups excluding tert-OH is 1. The van der Waals surface area contributed by atoms with Crippen molar-refractivity contribution >= 4 is 21.8 Å². The van der Waals surface area contributed by atoms with Crippen LogP contribution in [0.25, 0.3) is 0 Å². The van der Waals surface area contributed by atoms with Gasteiger partial charge in [0.2, 0.25) is 5.91 Å². The van der Waals surface area contributed by atoms with Crippen LogP contribution in [-0.4, -0.2) is 40.4 Å². The summed E-state index contributed by atoms with van der Waals surface area (Å²) in [5.74, 6) is -1.38. The van der Waals surface area contributed by atoms with Crippen LogP contribution in [0.1, 0.15) is 35.4 Å². The van der Waals surface area contributed by atoms with Crippen molar-refractivity contribution in [2.45, 2.75) is 42.1 Å². The van der Waals surface area contributed by atoms with E-state index in [1.165, 1.54) is 19.5 Å². The number of halogens is 1. The normalized spacial score (nSPS) is 30.8. The number of pyridine rings is 1. The number of methoxy groups -OCH3 is 1. The van der Waals surface area contributed by atoms with E-state index in [0.717, 1.165) is 22.9 Å². The van der Waals surface area contributed by atoms with Crippen molar-refractivity contribution < 1.29 is 24.5 Å². The number of nitrogens with one attached hydrogen (secondary N) is 1. The highest BCUT2D eigenvalue weighted by atomic mass is 79.9. The Morgan fingerprint density at radius 3 is 2.51 bits per heavy atom. The molecule has 0 radical (unpaired) electrons. The van der Waals surface area contributed by atoms with Crippen molar-refractivity contribution in [3.63, 3.8) is 0 Å². The lowest BCUT2D eigenvalue weighted by atomic mass is 9.70. The van der Waals surface area contributed by atoms with E-state index in [9.17, 15) is 15.0 Å². The fourth-order valence-corrected chi connectivity index (χ4v) is 6.17. The van der Waals surface area contributed by atoms with E-state index < -0.39 is 29.1 Å². The van der Waals surface area contributed by atoms with Gasteiger partial charge in [-0.2, -0.15) is 0 Å². The van der Waals surface area contributed by atoms with Crippen LogP contribution in [0.2, 0.25) is 0 Å². The number of carbonyl (C=O) groups is 1. The number of aliphatic hydroxyl groups is 2. The number of aromatic nitrogens is 1. The van der Waals surface area contributed by atoms with Crippen molar-refractivity contribution in [1.82, 2.24) is 10.3 Å². The molecule has 2 aliphatic carbocycles. The van der Waals surface area contributed by atoms with Crippen LogP contribution in [0.4, 0.5) is 0 Å². The molecule has 7 nitrogen and oxygen atoms in total. The van der Waals surface area contributed by atoms with E-state index in [2.05, 4.69) is 26.2 Å². The van der Waals surface area contributed by atoms with Gasteiger partial charge < -0.3 is 25.0 Å². The maximum Gasteiger partial charge on any atom is 0.226 e. The number of benzene rings is 2. The van der Waals surface area contributed by atoms with Crippen LogP contribution < -0.4 is 14.8 Å². The molecule has 1 amide bonds. The molecule has 1 aromatic heterocycles. The third-order valence-corrected chi connectivity index (χ3v) is 8.07. The second-order valence-electron chi connectivity index (χ2n) is 9.47. The zero-order valence-electron chi connectivity index (χ0n) is 19.0. The molecule has 180 valence electrons. The summed E-state index contributed by atoms with van der Waals surface area (Å²) in [6.45, 7) is 0. The zero-order chi connectivity index (χ0) is 24.4. The van der Waals surface area contributed by atoms with Crippen molar-refractivity contribution in [2.75, 3.05) is 7.11 Å². The molecule has 3 N–H and O–H groups in total. The van der Waals surface area contributed by atoms with E-state index in [4.69, 9.17) is 9.47 Å². The molecule has 1 aliphatic heterocycles. The fourth-order valence-electron chi connectivity index (χ4n) is 5.91. The molecule has 2 fully saturated rings. The summed E-state index contributed by atoms with van der Waals surface area (Å²) in [5.41, 5.74) is -1.79. The quantitative estimate of drug-likeness (QED) is 0.462. The van der Waals surface area contributed by atoms with Crippen LogP contribution in [-0.2, 0) is 16.0 Å². The molecule has 35 heavy (non-hydrogen) atoms. The highest BCUT2D eigenvalue weighted by Gasteiger charge is 2.78. The van der Waals surface area contributed by atoms with E-state index in [1.54, 1.807) is 0 Å². The molecule has 2 saturated carbocycles. The van der Waals surface area contributed by atoms with E-state index in [0.29, 0.717) is 16.9 Å². The molecule has 2 heterocycles. The number of fused-ring (bicyclic) bond motifs is 3. The van der Waals surface area contributed by atoms with Gasteiger partial charge in [0.15, 0.2) is 11.2 Å². The third kappa shape index (κ3) is 3.09. The largest absolute Gasteiger partial charge is 0.495 e. The number of nitrogens with zero attached hydrogens (tertiary/aromatic N) is 1. The van der Waals surface area contributed by atoms with Gasteiger partial charge >= 0.3 is 0 Å². The summed E-state index contributed by atoms with van der Waals surface area (Å²) in [5, 5.41) is 27.6. The van der Waals surface area contributed by atoms with Crippen molar-refractivity contribution in [2.24, 2.45) is 5.92 Å². The summed E-state index contributed by atoms with van der Waals surface area (Å²) >= 11 is 3.48. The lowest BCUT2D eigenvalue weighted by Crippen LogP contribution is -2.52. The van der Waals surface area contributed by atoms with Crippen LogP contribution in [0.3, 0.4) is 0 Å². The third-order valence-electron chi connectivity index (χ3n) is 7.54. The number of rotatable bonds is 5. The Bertz CT molecular complexity index is 1280. The molecule has 0 bridgehead atoms. The first-order valence-corrected chi connectivity index (χ1v) is 12.4. The van der Waals surface area contributed by atoms with Gasteiger partial charge in [0.25, 0.3) is 0 Å². The lowest BCUT2D eigenvalue weighted by Gasteiger charge is -2.40. The fraction of sp³-hybridized carbons (Fsp3) is 0.333. The minimum absolute atomic E-state index is 0.0942. The summed E-state index contributed by atoms with van der Waals surface area (Å²) in [4.78, 5) is 17.9. The summed E-state index contributed by atoms with van der Waals surface area (Å²) < 4.78 is 13.1. The van der Waals surface area contributed by atoms with Gasteiger partial charge in [-0.05, 0) is 36.1 Å². The van der Waals surface area contributed by atoms with Gasteiger partial charge in [0.1, 0.15) is 17.6 Å². The van der Waals surface area contributed by atoms with E-state index in [-0.39, 0.29) is 17.7 Å². The van der Waals surface area contributed by atoms with Gasteiger partial charge in [0.05, 0.1) is 31.0 Å². The SMILES string of the molecule is COc1cncc2c1[C@]1(O)[C@H](O)[C@H](C(=O)NC3CC3)[C@@H](c3ccccc3)[C@]1(c1ccc(Br)cc1)O2. The predicted molar refractivity (Wildman–Crippen MR) is 131 cm³/mol. The van der Waals surface area contributed by atoms with E-state index >= 15 is 0 Å². The smallest absolute Gasteiger partial charge is 0.226 e. The predicted octanol–water partition coefficient (Wildman–Crippen LogP) is 3.38. The number of hydrogen-bond donors (Lipinski definition) is 3. The Morgan fingerprint density at radius 2 is 1.86 bits per heavy atom. The highest BCUT2D eigenvalue weighted by molar-refractivity contribution is 9.10. The topological polar surface area (TPSA) is 101 Å². The number of carbonyl (C=O) groups excluding carboxylic acids is 1. The Labute approximate surface area is 211 Å². The van der Waals surface area contributed by atoms with Gasteiger partial charge in [-0.15, -0.1) is 0 Å². The zero-order valence-corrected chi connectivity index (χ0v) is 20.6. The number of amides is 1. The standard InChI is InChI=1S/C27H25BrN2O5/c1-34-19-13-29-14-20-23(19)26(33)24(31)21(25(32)30-18-11-12-18)22(15-5-3-2-4-6-15)27(26,35-20)16-7-9-17(28)10-8-16/h2-10,13-14,18,21-22,24,31,33H,11-12H2,1H3,(H,30,32)/t21-,22-,24-,26+,27+/m1/s1. The Morgan fingerprint density at radius 1 is 1.14 bits per heavy atom. The maximum absolute atomic E-state index is 13.7. The molecule has 0 spiro atoms. The molecule has 6 rings (SSSR count). The van der Waals surface area contributed by atoms with Gasteiger partial charge in [-0.1, -0.05) is 58.4 Å². The maximum atomic E-state index is 13.7. The van der Waals surface area contributed by atoms with Crippen LogP contribution >= 0.6 is 15.9 Å². The van der Waals surface area contributed by atoms with Crippen LogP contribution in [0.15, 0.2) is 71.5 Å². The second kappa shape index (κ2) is 8.05. The molecule has 8 heteroatoms. The monoisotopic (exact) mass is 536 g/mol. The number of ether oxygens (including phenoxy) is 2. The molecule has 3 aliphatic rings. The van der Waals surface area contributed by atoms with Gasteiger partial charge in [-0.25, -0.2) is 0 Å². The molecule has 2 aromatic carbocycles. The van der Waals surface area contributed by atoms with Gasteiger partial charge in [-0.3, -0.25) is 9.78 Å².